The van der Waals surface area contributed by atoms with E-state index in [0.29, 0.717) is 15.9 Å². The summed E-state index contributed by atoms with van der Waals surface area (Å²) in [7, 11) is 0. The fourth-order valence-corrected chi connectivity index (χ4v) is 2.17. The second-order valence-electron chi connectivity index (χ2n) is 2.96. The Morgan fingerprint density at radius 2 is 1.88 bits per heavy atom. The fraction of sp³-hybridized carbons (Fsp3) is 0. The molecule has 0 aliphatic carbocycles. The summed E-state index contributed by atoms with van der Waals surface area (Å²) in [4.78, 5) is 9.03. The smallest absolute Gasteiger partial charge is 0.141 e. The number of halogens is 2. The number of anilines is 1. The normalized spacial score (nSPS) is 10.4. The molecule has 82 valence electrons. The van der Waals surface area contributed by atoms with Crippen LogP contribution in [0.5, 0.6) is 0 Å². The molecule has 2 rings (SSSR count). The van der Waals surface area contributed by atoms with E-state index in [-0.39, 0.29) is 0 Å². The second kappa shape index (κ2) is 4.91. The summed E-state index contributed by atoms with van der Waals surface area (Å²) in [5, 5.41) is 1.82. The number of nitrogen functional groups attached to an aromatic ring is 1. The molecule has 1 aromatic heterocycles. The number of hydrogen-bond acceptors (Lipinski definition) is 4. The highest BCUT2D eigenvalue weighted by molar-refractivity contribution is 7.99. The minimum absolute atomic E-state index is 0.401. The average molecular weight is 272 g/mol. The summed E-state index contributed by atoms with van der Waals surface area (Å²) >= 11 is 13.2. The molecule has 0 aliphatic heterocycles. The fourth-order valence-electron chi connectivity index (χ4n) is 1.04. The predicted molar refractivity (Wildman–Crippen MR) is 67.0 cm³/mol. The van der Waals surface area contributed by atoms with Gasteiger partial charge in [-0.05, 0) is 18.2 Å². The van der Waals surface area contributed by atoms with E-state index in [1.807, 2.05) is 6.07 Å². The van der Waals surface area contributed by atoms with Crippen molar-refractivity contribution in [2.24, 2.45) is 0 Å². The van der Waals surface area contributed by atoms with Crippen LogP contribution in [0, 0.1) is 0 Å². The minimum atomic E-state index is 0.401. The Morgan fingerprint density at radius 1 is 1.06 bits per heavy atom. The number of benzene rings is 1. The largest absolute Gasteiger partial charge is 0.382 e. The molecular weight excluding hydrogens is 265 g/mol. The second-order valence-corrected chi connectivity index (χ2v) is 4.87. The zero-order valence-electron chi connectivity index (χ0n) is 8.02. The van der Waals surface area contributed by atoms with Gasteiger partial charge in [-0.2, -0.15) is 0 Å². The molecule has 0 amide bonds. The van der Waals surface area contributed by atoms with Crippen LogP contribution in [0.15, 0.2) is 40.5 Å². The standard InChI is InChI=1S/C10H7Cl2N3S/c11-7-2-1-6(3-8(7)12)16-10-5-14-9(13)4-15-10/h1-5H,(H2,13,14). The summed E-state index contributed by atoms with van der Waals surface area (Å²) in [6.45, 7) is 0. The van der Waals surface area contributed by atoms with Gasteiger partial charge in [0.2, 0.25) is 0 Å². The van der Waals surface area contributed by atoms with Gasteiger partial charge >= 0.3 is 0 Å². The van der Waals surface area contributed by atoms with Crippen molar-refractivity contribution in [3.05, 3.63) is 40.6 Å². The van der Waals surface area contributed by atoms with Crippen molar-refractivity contribution >= 4 is 40.8 Å². The molecule has 3 nitrogen and oxygen atoms in total. The van der Waals surface area contributed by atoms with Gasteiger partial charge < -0.3 is 5.73 Å². The Hall–Kier alpha value is -0.970. The van der Waals surface area contributed by atoms with Crippen LogP contribution in [0.2, 0.25) is 10.0 Å². The molecule has 0 unspecified atom stereocenters. The first-order valence-electron chi connectivity index (χ1n) is 4.35. The number of nitrogens with two attached hydrogens (primary N) is 1. The van der Waals surface area contributed by atoms with Crippen molar-refractivity contribution in [2.45, 2.75) is 9.92 Å². The SMILES string of the molecule is Nc1cnc(Sc2ccc(Cl)c(Cl)c2)cn1. The lowest BCUT2D eigenvalue weighted by atomic mass is 10.4. The Balaban J connectivity index is 2.20. The highest BCUT2D eigenvalue weighted by Crippen LogP contribution is 2.31. The molecule has 0 radical (unpaired) electrons. The molecule has 0 spiro atoms. The summed E-state index contributed by atoms with van der Waals surface area (Å²) in [6.07, 6.45) is 3.13. The van der Waals surface area contributed by atoms with Crippen LogP contribution in [0.25, 0.3) is 0 Å². The molecule has 0 fully saturated rings. The predicted octanol–water partition coefficient (Wildman–Crippen LogP) is 3.52. The van der Waals surface area contributed by atoms with Gasteiger partial charge in [0.05, 0.1) is 22.4 Å². The van der Waals surface area contributed by atoms with Crippen molar-refractivity contribution in [1.82, 2.24) is 9.97 Å². The Bertz CT molecular complexity index is 502. The maximum Gasteiger partial charge on any atom is 0.141 e. The lowest BCUT2D eigenvalue weighted by Gasteiger charge is -2.02. The Morgan fingerprint density at radius 3 is 2.50 bits per heavy atom. The van der Waals surface area contributed by atoms with Gasteiger partial charge in [0.25, 0.3) is 0 Å². The summed E-state index contributed by atoms with van der Waals surface area (Å²) in [5.74, 6) is 0.401. The molecule has 2 aromatic rings. The monoisotopic (exact) mass is 271 g/mol. The molecule has 0 saturated carbocycles. The van der Waals surface area contributed by atoms with Crippen LogP contribution < -0.4 is 5.73 Å². The van der Waals surface area contributed by atoms with Crippen LogP contribution in [-0.2, 0) is 0 Å². The van der Waals surface area contributed by atoms with Gasteiger partial charge in [0.1, 0.15) is 10.8 Å². The third kappa shape index (κ3) is 2.78. The number of hydrogen-bond donors (Lipinski definition) is 1. The highest BCUT2D eigenvalue weighted by atomic mass is 35.5. The molecule has 2 N–H and O–H groups in total. The van der Waals surface area contributed by atoms with E-state index in [0.717, 1.165) is 9.92 Å². The van der Waals surface area contributed by atoms with E-state index < -0.39 is 0 Å². The van der Waals surface area contributed by atoms with Crippen molar-refractivity contribution < 1.29 is 0 Å². The van der Waals surface area contributed by atoms with Crippen LogP contribution in [0.1, 0.15) is 0 Å². The van der Waals surface area contributed by atoms with Crippen LogP contribution in [0.3, 0.4) is 0 Å². The van der Waals surface area contributed by atoms with Gasteiger partial charge in [-0.1, -0.05) is 35.0 Å². The molecular formula is C10H7Cl2N3S. The van der Waals surface area contributed by atoms with Gasteiger partial charge in [0.15, 0.2) is 0 Å². The van der Waals surface area contributed by atoms with Crippen LogP contribution in [-0.4, -0.2) is 9.97 Å². The highest BCUT2D eigenvalue weighted by Gasteiger charge is 2.02. The maximum absolute atomic E-state index is 5.90. The lowest BCUT2D eigenvalue weighted by Crippen LogP contribution is -1.91. The van der Waals surface area contributed by atoms with E-state index in [4.69, 9.17) is 28.9 Å². The van der Waals surface area contributed by atoms with E-state index in [9.17, 15) is 0 Å². The molecule has 6 heteroatoms. The van der Waals surface area contributed by atoms with Gasteiger partial charge in [-0.3, -0.25) is 0 Å². The molecule has 16 heavy (non-hydrogen) atoms. The summed E-state index contributed by atoms with van der Waals surface area (Å²) < 4.78 is 0. The molecule has 1 heterocycles. The first kappa shape index (κ1) is 11.5. The van der Waals surface area contributed by atoms with Crippen LogP contribution >= 0.6 is 35.0 Å². The summed E-state index contributed by atoms with van der Waals surface area (Å²) in [5.41, 5.74) is 5.44. The molecule has 0 aliphatic rings. The molecule has 0 saturated heterocycles. The van der Waals surface area contributed by atoms with Crippen LogP contribution in [0.4, 0.5) is 5.82 Å². The third-order valence-electron chi connectivity index (χ3n) is 1.76. The zero-order chi connectivity index (χ0) is 11.5. The van der Waals surface area contributed by atoms with Crippen molar-refractivity contribution in [2.75, 3.05) is 5.73 Å². The van der Waals surface area contributed by atoms with Gasteiger partial charge in [-0.25, -0.2) is 9.97 Å². The lowest BCUT2D eigenvalue weighted by molar-refractivity contribution is 1.06. The topological polar surface area (TPSA) is 51.8 Å². The molecule has 0 bridgehead atoms. The minimum Gasteiger partial charge on any atom is -0.382 e. The van der Waals surface area contributed by atoms with Crippen molar-refractivity contribution in [3.8, 4) is 0 Å². The quantitative estimate of drug-likeness (QED) is 0.908. The third-order valence-corrected chi connectivity index (χ3v) is 3.41. The van der Waals surface area contributed by atoms with Gasteiger partial charge in [-0.15, -0.1) is 0 Å². The van der Waals surface area contributed by atoms with E-state index in [1.165, 1.54) is 18.0 Å². The Kier molecular flexibility index (Phi) is 3.53. The van der Waals surface area contributed by atoms with E-state index in [1.54, 1.807) is 18.3 Å². The summed E-state index contributed by atoms with van der Waals surface area (Å²) in [6, 6.07) is 5.40. The maximum atomic E-state index is 5.90. The molecule has 0 atom stereocenters. The number of aromatic nitrogens is 2. The number of rotatable bonds is 2. The first-order chi connectivity index (χ1) is 7.65. The van der Waals surface area contributed by atoms with Crippen molar-refractivity contribution in [3.63, 3.8) is 0 Å². The number of nitrogens with zero attached hydrogens (tertiary/aromatic N) is 2. The van der Waals surface area contributed by atoms with E-state index >= 15 is 0 Å². The van der Waals surface area contributed by atoms with Gasteiger partial charge in [0, 0.05) is 4.90 Å². The van der Waals surface area contributed by atoms with Crippen molar-refractivity contribution in [1.29, 1.82) is 0 Å². The average Bonchev–Trinajstić information content (AvgIpc) is 2.27. The Labute approximate surface area is 107 Å². The zero-order valence-corrected chi connectivity index (χ0v) is 10.4. The molecule has 1 aromatic carbocycles. The first-order valence-corrected chi connectivity index (χ1v) is 5.93. The van der Waals surface area contributed by atoms with E-state index in [2.05, 4.69) is 9.97 Å².